The summed E-state index contributed by atoms with van der Waals surface area (Å²) in [5.41, 5.74) is 3.75. The number of likely N-dealkylation sites (tertiary alicyclic amines) is 1. The monoisotopic (exact) mass is 514 g/mol. The van der Waals surface area contributed by atoms with Crippen molar-refractivity contribution >= 4 is 17.1 Å². The highest BCUT2D eigenvalue weighted by Crippen LogP contribution is 2.33. The normalized spacial score (nSPS) is 18.6. The van der Waals surface area contributed by atoms with Crippen LogP contribution in [0.4, 0.5) is 4.79 Å². The maximum atomic E-state index is 13.0. The van der Waals surface area contributed by atoms with E-state index in [1.54, 1.807) is 12.0 Å². The highest BCUT2D eigenvalue weighted by molar-refractivity contribution is 5.75. The molecule has 198 valence electrons. The van der Waals surface area contributed by atoms with Gasteiger partial charge in [-0.3, -0.25) is 9.47 Å². The van der Waals surface area contributed by atoms with E-state index < -0.39 is 6.09 Å². The Morgan fingerprint density at radius 1 is 1.05 bits per heavy atom. The Hall–Kier alpha value is -4.04. The Bertz CT molecular complexity index is 1450. The van der Waals surface area contributed by atoms with Crippen molar-refractivity contribution in [2.45, 2.75) is 51.0 Å². The third kappa shape index (κ3) is 5.31. The van der Waals surface area contributed by atoms with E-state index in [1.165, 1.54) is 0 Å². The second-order valence-corrected chi connectivity index (χ2v) is 10.0. The molecule has 3 aromatic carbocycles. The quantitative estimate of drug-likeness (QED) is 0.341. The van der Waals surface area contributed by atoms with E-state index in [1.807, 2.05) is 65.2 Å². The van der Waals surface area contributed by atoms with Crippen LogP contribution in [0.2, 0.25) is 0 Å². The van der Waals surface area contributed by atoms with Gasteiger partial charge in [0.25, 0.3) is 0 Å². The molecule has 0 spiro atoms. The number of imidazole rings is 1. The van der Waals surface area contributed by atoms with Gasteiger partial charge in [0, 0.05) is 31.7 Å². The number of carbonyl (C=O) groups is 1. The van der Waals surface area contributed by atoms with Gasteiger partial charge in [-0.2, -0.15) is 0 Å². The molecule has 1 saturated heterocycles. The number of carboxylic acid groups (broad SMARTS) is 1. The molecule has 8 nitrogen and oxygen atoms in total. The van der Waals surface area contributed by atoms with Crippen LogP contribution in [0.15, 0.2) is 83.7 Å². The van der Waals surface area contributed by atoms with Crippen molar-refractivity contribution in [3.05, 3.63) is 100 Å². The molecule has 1 amide bonds. The minimum atomic E-state index is -0.924. The SMILES string of the molecule is COc1cccc(CN(Cc2ccccc2)C(C)C2CC(n3c(=O)[nH]c4ccccc43)CCN2C(=O)O)c1. The molecule has 5 rings (SSSR count). The standard InChI is InChI=1S/C30H34N4O4/c1-21(32(19-22-9-4-3-5-10-22)20-23-11-8-12-25(17-23)38-2)28-18-24(15-16-33(28)30(36)37)34-27-14-7-6-13-26(27)31-29(34)35/h3-14,17,21,24,28H,15-16,18-20H2,1-2H3,(H,31,35)(H,36,37). The second kappa shape index (κ2) is 11.1. The number of nitrogens with one attached hydrogen (secondary N) is 1. The lowest BCUT2D eigenvalue weighted by Gasteiger charge is -2.44. The van der Waals surface area contributed by atoms with Crippen LogP contribution >= 0.6 is 0 Å². The van der Waals surface area contributed by atoms with Crippen molar-refractivity contribution in [3.8, 4) is 5.75 Å². The maximum absolute atomic E-state index is 13.0. The molecule has 1 aliphatic heterocycles. The average Bonchev–Trinajstić information content (AvgIpc) is 3.28. The number of fused-ring (bicyclic) bond motifs is 1. The fraction of sp³-hybridized carbons (Fsp3) is 0.333. The molecule has 1 aromatic heterocycles. The van der Waals surface area contributed by atoms with Crippen LogP contribution in [0.3, 0.4) is 0 Å². The zero-order chi connectivity index (χ0) is 26.6. The van der Waals surface area contributed by atoms with Crippen molar-refractivity contribution in [2.75, 3.05) is 13.7 Å². The van der Waals surface area contributed by atoms with E-state index in [2.05, 4.69) is 35.0 Å². The number of nitrogens with zero attached hydrogens (tertiary/aromatic N) is 3. The van der Waals surface area contributed by atoms with Gasteiger partial charge in [0.1, 0.15) is 5.75 Å². The lowest BCUT2D eigenvalue weighted by Crippen LogP contribution is -2.55. The van der Waals surface area contributed by atoms with Crippen molar-refractivity contribution in [1.29, 1.82) is 0 Å². The van der Waals surface area contributed by atoms with E-state index in [4.69, 9.17) is 4.74 Å². The minimum Gasteiger partial charge on any atom is -0.497 e. The molecule has 0 saturated carbocycles. The van der Waals surface area contributed by atoms with Gasteiger partial charge in [-0.05, 0) is 55.2 Å². The van der Waals surface area contributed by atoms with Gasteiger partial charge in [0.05, 0.1) is 24.2 Å². The van der Waals surface area contributed by atoms with Gasteiger partial charge in [-0.25, -0.2) is 9.59 Å². The predicted octanol–water partition coefficient (Wildman–Crippen LogP) is 5.11. The molecule has 0 aliphatic carbocycles. The Balaban J connectivity index is 1.48. The molecule has 3 unspecified atom stereocenters. The molecule has 1 aliphatic rings. The third-order valence-electron chi connectivity index (χ3n) is 7.73. The Morgan fingerprint density at radius 2 is 1.76 bits per heavy atom. The lowest BCUT2D eigenvalue weighted by atomic mass is 9.91. The average molecular weight is 515 g/mol. The molecular formula is C30H34N4O4. The van der Waals surface area contributed by atoms with E-state index in [-0.39, 0.29) is 23.8 Å². The summed E-state index contributed by atoms with van der Waals surface area (Å²) < 4.78 is 7.26. The first kappa shape index (κ1) is 25.6. The molecular weight excluding hydrogens is 480 g/mol. The van der Waals surface area contributed by atoms with Gasteiger partial charge in [-0.15, -0.1) is 0 Å². The summed E-state index contributed by atoms with van der Waals surface area (Å²) in [6, 6.07) is 25.4. The summed E-state index contributed by atoms with van der Waals surface area (Å²) in [7, 11) is 1.66. The van der Waals surface area contributed by atoms with E-state index >= 15 is 0 Å². The van der Waals surface area contributed by atoms with Gasteiger partial charge in [0.15, 0.2) is 0 Å². The Labute approximate surface area is 222 Å². The van der Waals surface area contributed by atoms with Crippen molar-refractivity contribution < 1.29 is 14.6 Å². The van der Waals surface area contributed by atoms with Crippen molar-refractivity contribution in [1.82, 2.24) is 19.4 Å². The number of aromatic amines is 1. The van der Waals surface area contributed by atoms with Crippen LogP contribution in [-0.2, 0) is 13.1 Å². The highest BCUT2D eigenvalue weighted by Gasteiger charge is 2.38. The second-order valence-electron chi connectivity index (χ2n) is 10.0. The zero-order valence-electron chi connectivity index (χ0n) is 21.8. The van der Waals surface area contributed by atoms with Crippen LogP contribution in [0, 0.1) is 0 Å². The summed E-state index contributed by atoms with van der Waals surface area (Å²) in [5, 5.41) is 10.1. The van der Waals surface area contributed by atoms with Crippen molar-refractivity contribution in [2.24, 2.45) is 0 Å². The summed E-state index contributed by atoms with van der Waals surface area (Å²) in [6.45, 7) is 3.78. The first-order valence-corrected chi connectivity index (χ1v) is 13.0. The molecule has 0 radical (unpaired) electrons. The summed E-state index contributed by atoms with van der Waals surface area (Å²) in [6.07, 6.45) is 0.220. The van der Waals surface area contributed by atoms with Crippen LogP contribution in [0.25, 0.3) is 11.0 Å². The largest absolute Gasteiger partial charge is 0.497 e. The maximum Gasteiger partial charge on any atom is 0.407 e. The minimum absolute atomic E-state index is 0.0999. The molecule has 3 atom stereocenters. The Kier molecular flexibility index (Phi) is 7.51. The van der Waals surface area contributed by atoms with E-state index in [9.17, 15) is 14.7 Å². The number of rotatable bonds is 8. The van der Waals surface area contributed by atoms with Gasteiger partial charge >= 0.3 is 11.8 Å². The fourth-order valence-corrected chi connectivity index (χ4v) is 5.75. The van der Waals surface area contributed by atoms with E-state index in [0.29, 0.717) is 32.5 Å². The molecule has 8 heteroatoms. The number of H-pyrrole nitrogens is 1. The summed E-state index contributed by atoms with van der Waals surface area (Å²) in [4.78, 5) is 32.2. The van der Waals surface area contributed by atoms with Gasteiger partial charge in [0.2, 0.25) is 0 Å². The number of amides is 1. The zero-order valence-corrected chi connectivity index (χ0v) is 21.8. The van der Waals surface area contributed by atoms with Gasteiger partial charge in [-0.1, -0.05) is 54.6 Å². The summed E-state index contributed by atoms with van der Waals surface area (Å²) >= 11 is 0. The number of para-hydroxylation sites is 2. The topological polar surface area (TPSA) is 90.8 Å². The molecule has 38 heavy (non-hydrogen) atoms. The van der Waals surface area contributed by atoms with Crippen LogP contribution in [0.5, 0.6) is 5.75 Å². The van der Waals surface area contributed by atoms with Gasteiger partial charge < -0.3 is 19.7 Å². The number of piperidine rings is 1. The first-order valence-electron chi connectivity index (χ1n) is 13.0. The van der Waals surface area contributed by atoms with Crippen LogP contribution in [0.1, 0.15) is 36.9 Å². The number of hydrogen-bond acceptors (Lipinski definition) is 4. The fourth-order valence-electron chi connectivity index (χ4n) is 5.75. The third-order valence-corrected chi connectivity index (χ3v) is 7.73. The molecule has 0 bridgehead atoms. The number of benzene rings is 3. The highest BCUT2D eigenvalue weighted by atomic mass is 16.5. The number of aromatic nitrogens is 2. The Morgan fingerprint density at radius 3 is 2.53 bits per heavy atom. The molecule has 2 N–H and O–H groups in total. The van der Waals surface area contributed by atoms with E-state index in [0.717, 1.165) is 27.9 Å². The molecule has 2 heterocycles. The van der Waals surface area contributed by atoms with Crippen molar-refractivity contribution in [3.63, 3.8) is 0 Å². The first-order chi connectivity index (χ1) is 18.4. The summed E-state index contributed by atoms with van der Waals surface area (Å²) in [5.74, 6) is 0.790. The molecule has 4 aromatic rings. The predicted molar refractivity (Wildman–Crippen MR) is 147 cm³/mol. The van der Waals surface area contributed by atoms with Crippen LogP contribution < -0.4 is 10.4 Å². The number of methoxy groups -OCH3 is 1. The number of ether oxygens (including phenoxy) is 1. The molecule has 1 fully saturated rings. The van der Waals surface area contributed by atoms with Crippen LogP contribution in [-0.4, -0.2) is 56.3 Å². The smallest absolute Gasteiger partial charge is 0.407 e. The number of hydrogen-bond donors (Lipinski definition) is 2. The lowest BCUT2D eigenvalue weighted by molar-refractivity contribution is 0.0373.